The van der Waals surface area contributed by atoms with Gasteiger partial charge in [-0.2, -0.15) is 0 Å². The fourth-order valence-corrected chi connectivity index (χ4v) is 8.34. The van der Waals surface area contributed by atoms with E-state index in [0.29, 0.717) is 0 Å². The maximum Gasteiger partial charge on any atom is 2.00 e. The van der Waals surface area contributed by atoms with Gasteiger partial charge in [-0.3, -0.25) is 0 Å². The summed E-state index contributed by atoms with van der Waals surface area (Å²) in [6, 6.07) is 0. The predicted molar refractivity (Wildman–Crippen MR) is 285 cm³/mol. The Labute approximate surface area is 481 Å². The van der Waals surface area contributed by atoms with Crippen LogP contribution in [0.4, 0.5) is 0 Å². The molecule has 362 valence electrons. The van der Waals surface area contributed by atoms with E-state index in [1.165, 1.54) is 89.2 Å². The molecule has 4 rings (SSSR count). The van der Waals surface area contributed by atoms with Crippen LogP contribution in [0.5, 0.6) is 0 Å². The van der Waals surface area contributed by atoms with Gasteiger partial charge < -0.3 is 66.2 Å². The van der Waals surface area contributed by atoms with E-state index in [-0.39, 0.29) is 150 Å². The summed E-state index contributed by atoms with van der Waals surface area (Å²) in [5.41, 5.74) is 1.90. The first kappa shape index (κ1) is 80.8. The van der Waals surface area contributed by atoms with Gasteiger partial charge in [-0.05, 0) is 56.4 Å². The van der Waals surface area contributed by atoms with Gasteiger partial charge in [0.2, 0.25) is 0 Å². The number of rotatable bonds is 7. The third-order valence-electron chi connectivity index (χ3n) is 10.8. The van der Waals surface area contributed by atoms with Gasteiger partial charge in [-0.15, -0.1) is 44.3 Å². The third kappa shape index (κ3) is 54.0. The normalized spacial score (nSPS) is 21.9. The third-order valence-corrected chi connectivity index (χ3v) is 10.8. The smallest absolute Gasteiger partial charge is 0.652 e. The molecule has 12 heteroatoms. The minimum atomic E-state index is 0. The van der Waals surface area contributed by atoms with Gasteiger partial charge in [0.15, 0.2) is 0 Å². The van der Waals surface area contributed by atoms with E-state index < -0.39 is 0 Å². The summed E-state index contributed by atoms with van der Waals surface area (Å²) in [6.45, 7) is 49.7. The van der Waals surface area contributed by atoms with Crippen LogP contribution in [0.3, 0.4) is 0 Å². The average molecular weight is 940 g/mol. The molecular weight excluding hydrogens is 831 g/mol. The Bertz CT molecular complexity index is 899. The van der Waals surface area contributed by atoms with Crippen LogP contribution in [-0.2, 0) is 0 Å². The van der Waals surface area contributed by atoms with Crippen molar-refractivity contribution in [1.29, 1.82) is 0 Å². The number of nitrogens with zero attached hydrogens (tertiary/aromatic N) is 8. The van der Waals surface area contributed by atoms with Gasteiger partial charge in [-0.1, -0.05) is 188 Å². The second-order valence-corrected chi connectivity index (χ2v) is 24.0. The van der Waals surface area contributed by atoms with E-state index in [4.69, 9.17) is 34.4 Å². The van der Waals surface area contributed by atoms with Crippen molar-refractivity contribution in [2.24, 2.45) is 0 Å². The van der Waals surface area contributed by atoms with Crippen LogP contribution in [0, 0.1) is 13.2 Å². The maximum atomic E-state index is 4.75. The molecule has 0 radical (unpaired) electrons. The van der Waals surface area contributed by atoms with E-state index in [1.807, 2.05) is 0 Å². The molecule has 4 saturated heterocycles. The molecule has 0 bridgehead atoms. The van der Waals surface area contributed by atoms with Crippen molar-refractivity contribution < 1.29 is 59.1 Å². The summed E-state index contributed by atoms with van der Waals surface area (Å²) in [5.74, 6) is 0. The van der Waals surface area contributed by atoms with Gasteiger partial charge in [-0.25, -0.2) is 0 Å². The summed E-state index contributed by atoms with van der Waals surface area (Å²) in [5, 5.41) is 19.0. The molecule has 0 aromatic heterocycles. The molecule has 0 aliphatic carbocycles. The molecule has 0 unspecified atom stereocenters. The number of hydrogen-bond donors (Lipinski definition) is 0. The zero-order valence-electron chi connectivity index (χ0n) is 48.6. The molecule has 4 aliphatic rings. The van der Waals surface area contributed by atoms with Crippen molar-refractivity contribution in [3.05, 3.63) is 46.6 Å². The van der Waals surface area contributed by atoms with E-state index in [1.54, 1.807) is 0 Å². The molecule has 0 saturated carbocycles. The second-order valence-electron chi connectivity index (χ2n) is 24.0. The SMILES string of the molecule is CC1(C)CCCC(C)(C)[N-]1.CC1(C)CCCC(C)(C)[N-]1.CC1(C)CCCC(C)(C)[N-]1.CC1(C)CCCC(C)(C)[N-]1.CN(C)CCN(C)C.CN(C)CCN(C)C.[CH-]=CC=[CH-].[Mg+2].[Mg+2].[Na+].[Na+]. The monoisotopic (exact) mass is 939 g/mol. The average Bonchev–Trinajstić information content (AvgIpc) is 3.00. The number of piperidine rings is 4. The fraction of sp³-hybridized carbons (Fsp3) is 0.923. The summed E-state index contributed by atoms with van der Waals surface area (Å²) >= 11 is 0. The van der Waals surface area contributed by atoms with Crippen LogP contribution in [-0.4, -0.2) is 193 Å². The standard InChI is InChI=1S/4C9H18N.2C6H16N2.C4H4.2Mg.2Na/c4*1-8(2)6-5-7-9(3,4)10-8;2*1-7(2)5-6-8(3)4;1-3-4-2;;;;/h4*5-7H2,1-4H3;2*5-6H2,1-4H3;1-4H;;;;/q4*-1;;;-2;2*+2;2*+1. The van der Waals surface area contributed by atoms with E-state index in [2.05, 4.69) is 187 Å². The van der Waals surface area contributed by atoms with Crippen LogP contribution >= 0.6 is 0 Å². The maximum absolute atomic E-state index is 4.75. The Hall–Kier alpha value is 2.69. The summed E-state index contributed by atoms with van der Waals surface area (Å²) in [4.78, 5) is 8.72. The molecule has 4 fully saturated rings. The Morgan fingerprint density at radius 1 is 0.312 bits per heavy atom. The topological polar surface area (TPSA) is 69.4 Å². The molecule has 4 heterocycles. The zero-order chi connectivity index (χ0) is 47.9. The minimum absolute atomic E-state index is 0. The first-order valence-electron chi connectivity index (χ1n) is 23.5. The first-order valence-corrected chi connectivity index (χ1v) is 23.5. The zero-order valence-corrected chi connectivity index (χ0v) is 55.4. The Kier molecular flexibility index (Phi) is 48.4. The Morgan fingerprint density at radius 2 is 0.422 bits per heavy atom. The molecule has 8 nitrogen and oxygen atoms in total. The van der Waals surface area contributed by atoms with Gasteiger partial charge in [0.25, 0.3) is 0 Å². The predicted octanol–water partition coefficient (Wildman–Crippen LogP) is 6.84. The van der Waals surface area contributed by atoms with Gasteiger partial charge in [0, 0.05) is 26.2 Å². The fourth-order valence-electron chi connectivity index (χ4n) is 8.34. The molecule has 0 aromatic carbocycles. The van der Waals surface area contributed by atoms with Gasteiger partial charge in [0.1, 0.15) is 0 Å². The number of allylic oxidation sites excluding steroid dienone is 2. The van der Waals surface area contributed by atoms with Crippen molar-refractivity contribution in [1.82, 2.24) is 19.6 Å². The minimum Gasteiger partial charge on any atom is -0.652 e. The van der Waals surface area contributed by atoms with Gasteiger partial charge >= 0.3 is 105 Å². The van der Waals surface area contributed by atoms with Crippen molar-refractivity contribution in [3.8, 4) is 0 Å². The molecule has 0 aromatic rings. The molecule has 64 heavy (non-hydrogen) atoms. The van der Waals surface area contributed by atoms with Crippen molar-refractivity contribution >= 4 is 46.1 Å². The second kappa shape index (κ2) is 38.3. The van der Waals surface area contributed by atoms with Crippen molar-refractivity contribution in [2.45, 2.75) is 232 Å². The molecule has 4 aliphatic heterocycles. The largest absolute Gasteiger partial charge is 2.00 e. The van der Waals surface area contributed by atoms with Crippen LogP contribution < -0.4 is 59.1 Å². The van der Waals surface area contributed by atoms with Crippen molar-refractivity contribution in [3.63, 3.8) is 0 Å². The van der Waals surface area contributed by atoms with Crippen LogP contribution in [0.25, 0.3) is 21.3 Å². The summed E-state index contributed by atoms with van der Waals surface area (Å²) < 4.78 is 0. The van der Waals surface area contributed by atoms with E-state index >= 15 is 0 Å². The molecular formula is C52H108Mg2N8Na2. The van der Waals surface area contributed by atoms with Crippen molar-refractivity contribution in [2.75, 3.05) is 82.6 Å². The molecule has 0 spiro atoms. The molecule has 0 N–H and O–H groups in total. The Morgan fingerprint density at radius 3 is 0.469 bits per heavy atom. The van der Waals surface area contributed by atoms with Crippen LogP contribution in [0.2, 0.25) is 0 Å². The number of likely N-dealkylation sites (N-methyl/N-ethyl adjacent to an activating group) is 4. The molecule has 0 amide bonds. The summed E-state index contributed by atoms with van der Waals surface area (Å²) in [6.07, 6.45) is 18.0. The van der Waals surface area contributed by atoms with E-state index in [9.17, 15) is 0 Å². The quantitative estimate of drug-likeness (QED) is 0.160. The summed E-state index contributed by atoms with van der Waals surface area (Å²) in [7, 11) is 16.7. The van der Waals surface area contributed by atoms with Gasteiger partial charge in [0.05, 0.1) is 0 Å². The number of hydrogen-bond acceptors (Lipinski definition) is 4. The first-order chi connectivity index (χ1) is 26.8. The van der Waals surface area contributed by atoms with E-state index in [0.717, 1.165) is 26.2 Å². The van der Waals surface area contributed by atoms with Crippen LogP contribution in [0.15, 0.2) is 12.2 Å². The Balaban J connectivity index is -0.000000119. The van der Waals surface area contributed by atoms with Crippen LogP contribution in [0.1, 0.15) is 188 Å². The molecule has 0 atom stereocenters.